The Morgan fingerprint density at radius 1 is 1.16 bits per heavy atom. The van der Waals surface area contributed by atoms with Gasteiger partial charge in [0, 0.05) is 24.8 Å². The zero-order valence-electron chi connectivity index (χ0n) is 20.8. The molecule has 0 aliphatic carbocycles. The number of alkyl halides is 3. The van der Waals surface area contributed by atoms with E-state index in [1.807, 2.05) is 0 Å². The van der Waals surface area contributed by atoms with Crippen LogP contribution in [0.2, 0.25) is 0 Å². The number of halogens is 3. The summed E-state index contributed by atoms with van der Waals surface area (Å²) in [7, 11) is 1.43. The number of aliphatic carboxylic acids is 1. The smallest absolute Gasteiger partial charge is 0.416 e. The van der Waals surface area contributed by atoms with E-state index in [2.05, 4.69) is 15.3 Å². The zero-order valence-corrected chi connectivity index (χ0v) is 20.8. The van der Waals surface area contributed by atoms with E-state index in [4.69, 9.17) is 4.74 Å². The van der Waals surface area contributed by atoms with E-state index in [0.717, 1.165) is 12.1 Å². The van der Waals surface area contributed by atoms with Gasteiger partial charge in [0.25, 0.3) is 0 Å². The van der Waals surface area contributed by atoms with Crippen molar-refractivity contribution in [2.45, 2.75) is 32.6 Å². The fourth-order valence-corrected chi connectivity index (χ4v) is 3.94. The number of aliphatic imine (C=N–C) groups is 1. The van der Waals surface area contributed by atoms with Crippen LogP contribution in [-0.2, 0) is 30.5 Å². The minimum atomic E-state index is -4.60. The van der Waals surface area contributed by atoms with Gasteiger partial charge in [-0.05, 0) is 60.0 Å². The first-order valence-electron chi connectivity index (χ1n) is 11.6. The molecular weight excluding hydrogens is 499 g/mol. The Labute approximate surface area is 218 Å². The van der Waals surface area contributed by atoms with E-state index in [1.165, 1.54) is 13.2 Å². The van der Waals surface area contributed by atoms with Crippen LogP contribution in [0.3, 0.4) is 0 Å². The van der Waals surface area contributed by atoms with Gasteiger partial charge in [0.1, 0.15) is 5.75 Å². The third-order valence-electron chi connectivity index (χ3n) is 5.57. The summed E-state index contributed by atoms with van der Waals surface area (Å²) in [5, 5.41) is 21.5. The lowest BCUT2D eigenvalue weighted by molar-refractivity contribution is -0.138. The number of carboxylic acid groups (broad SMARTS) is 1. The standard InChI is InChI=1S/C27H26F3N5O3/c1-3-32-26(34-17-31)35(16-21-6-4-5-11-33-21)15-19-14-20(27(28,29)30)8-9-22(19)23-12-18(13-25(36)37)7-10-24(23)38-2/h4-12,14H,3,13,15-16H2,1-2H3,(H,32,34)(H,36,37). The highest BCUT2D eigenvalue weighted by molar-refractivity contribution is 5.82. The lowest BCUT2D eigenvalue weighted by Crippen LogP contribution is -2.40. The minimum Gasteiger partial charge on any atom is -0.496 e. The second-order valence-electron chi connectivity index (χ2n) is 8.22. The van der Waals surface area contributed by atoms with Crippen LogP contribution < -0.4 is 10.1 Å². The van der Waals surface area contributed by atoms with Crippen LogP contribution in [0.5, 0.6) is 5.75 Å². The van der Waals surface area contributed by atoms with Gasteiger partial charge in [0.15, 0.2) is 0 Å². The lowest BCUT2D eigenvalue weighted by atomic mass is 9.94. The number of pyridine rings is 1. The first kappa shape index (κ1) is 28.0. The number of nitrogens with one attached hydrogen (secondary N) is 1. The molecule has 0 spiro atoms. The van der Waals surface area contributed by atoms with Crippen LogP contribution in [0.15, 0.2) is 65.8 Å². The molecule has 0 atom stereocenters. The molecule has 0 radical (unpaired) electrons. The highest BCUT2D eigenvalue weighted by atomic mass is 19.4. The predicted octanol–water partition coefficient (Wildman–Crippen LogP) is 4.85. The van der Waals surface area contributed by atoms with Crippen LogP contribution in [0.25, 0.3) is 11.1 Å². The Morgan fingerprint density at radius 2 is 1.95 bits per heavy atom. The number of carboxylic acids is 1. The molecule has 8 nitrogen and oxygen atoms in total. The molecule has 0 saturated carbocycles. The van der Waals surface area contributed by atoms with Gasteiger partial charge >= 0.3 is 12.1 Å². The summed E-state index contributed by atoms with van der Waals surface area (Å²) < 4.78 is 46.7. The maximum Gasteiger partial charge on any atom is 0.416 e. The number of carbonyl (C=O) groups is 1. The average molecular weight is 526 g/mol. The Kier molecular flexibility index (Phi) is 9.27. The number of aromatic nitrogens is 1. The Morgan fingerprint density at radius 3 is 2.55 bits per heavy atom. The second kappa shape index (κ2) is 12.6. The monoisotopic (exact) mass is 525 g/mol. The zero-order chi connectivity index (χ0) is 27.7. The molecule has 3 aromatic rings. The van der Waals surface area contributed by atoms with Gasteiger partial charge in [0.2, 0.25) is 12.2 Å². The van der Waals surface area contributed by atoms with E-state index < -0.39 is 17.7 Å². The van der Waals surface area contributed by atoms with Crippen LogP contribution in [0.4, 0.5) is 13.2 Å². The number of nitrogens with zero attached hydrogens (tertiary/aromatic N) is 4. The van der Waals surface area contributed by atoms with Gasteiger partial charge in [-0.1, -0.05) is 18.2 Å². The van der Waals surface area contributed by atoms with Crippen LogP contribution in [0.1, 0.15) is 29.3 Å². The number of hydrogen-bond donors (Lipinski definition) is 2. The van der Waals surface area contributed by atoms with Gasteiger partial charge < -0.3 is 20.1 Å². The van der Waals surface area contributed by atoms with Crippen LogP contribution in [0, 0.1) is 11.5 Å². The molecule has 0 unspecified atom stereocenters. The summed E-state index contributed by atoms with van der Waals surface area (Å²) in [6.07, 6.45) is -1.53. The number of nitriles is 1. The third-order valence-corrected chi connectivity index (χ3v) is 5.57. The summed E-state index contributed by atoms with van der Waals surface area (Å²) in [6.45, 7) is 2.30. The van der Waals surface area contributed by atoms with Crippen LogP contribution >= 0.6 is 0 Å². The van der Waals surface area contributed by atoms with Crippen LogP contribution in [-0.4, -0.2) is 40.6 Å². The molecule has 11 heteroatoms. The van der Waals surface area contributed by atoms with Crippen molar-refractivity contribution in [3.63, 3.8) is 0 Å². The van der Waals surface area contributed by atoms with E-state index in [0.29, 0.717) is 34.7 Å². The number of benzene rings is 2. The molecule has 2 aromatic carbocycles. The number of guanidine groups is 1. The fourth-order valence-electron chi connectivity index (χ4n) is 3.94. The molecular formula is C27H26F3N5O3. The Balaban J connectivity index is 2.19. The first-order valence-corrected chi connectivity index (χ1v) is 11.6. The number of methoxy groups -OCH3 is 1. The van der Waals surface area contributed by atoms with Crippen molar-refractivity contribution in [1.82, 2.24) is 15.2 Å². The van der Waals surface area contributed by atoms with E-state index in [-0.39, 0.29) is 31.0 Å². The summed E-state index contributed by atoms with van der Waals surface area (Å²) in [4.78, 5) is 21.1. The maximum atomic E-state index is 13.7. The number of ether oxygens (including phenoxy) is 1. The highest BCUT2D eigenvalue weighted by Gasteiger charge is 2.32. The molecule has 0 amide bonds. The molecule has 0 bridgehead atoms. The van der Waals surface area contributed by atoms with Gasteiger partial charge in [-0.25, -0.2) is 0 Å². The third kappa shape index (κ3) is 7.22. The molecule has 0 saturated heterocycles. The summed E-state index contributed by atoms with van der Waals surface area (Å²) in [5.41, 5.74) is 1.35. The summed E-state index contributed by atoms with van der Waals surface area (Å²) in [6, 6.07) is 13.4. The fraction of sp³-hybridized carbons (Fsp3) is 0.259. The molecule has 198 valence electrons. The predicted molar refractivity (Wildman–Crippen MR) is 135 cm³/mol. The van der Waals surface area contributed by atoms with Crippen molar-refractivity contribution in [3.05, 3.63) is 83.2 Å². The molecule has 0 fully saturated rings. The van der Waals surface area contributed by atoms with E-state index >= 15 is 0 Å². The second-order valence-corrected chi connectivity index (χ2v) is 8.22. The van der Waals surface area contributed by atoms with E-state index in [9.17, 15) is 28.3 Å². The van der Waals surface area contributed by atoms with Gasteiger partial charge in [-0.3, -0.25) is 9.78 Å². The topological polar surface area (TPSA) is 111 Å². The van der Waals surface area contributed by atoms with Crippen molar-refractivity contribution in [2.24, 2.45) is 4.99 Å². The first-order chi connectivity index (χ1) is 18.2. The average Bonchev–Trinajstić information content (AvgIpc) is 2.88. The summed E-state index contributed by atoms with van der Waals surface area (Å²) >= 11 is 0. The lowest BCUT2D eigenvalue weighted by Gasteiger charge is -2.27. The number of hydrogen-bond acceptors (Lipinski definition) is 5. The molecule has 0 aliphatic heterocycles. The molecule has 0 aliphatic rings. The minimum absolute atomic E-state index is 0.0738. The quantitative estimate of drug-likeness (QED) is 0.233. The normalized spacial score (nSPS) is 11.5. The van der Waals surface area contributed by atoms with Gasteiger partial charge in [-0.2, -0.15) is 18.4 Å². The van der Waals surface area contributed by atoms with Crippen molar-refractivity contribution in [2.75, 3.05) is 13.7 Å². The van der Waals surface area contributed by atoms with Gasteiger partial charge in [-0.15, -0.1) is 4.99 Å². The van der Waals surface area contributed by atoms with Crippen molar-refractivity contribution >= 4 is 11.9 Å². The maximum absolute atomic E-state index is 13.7. The van der Waals surface area contributed by atoms with Crippen molar-refractivity contribution < 1.29 is 27.8 Å². The highest BCUT2D eigenvalue weighted by Crippen LogP contribution is 2.38. The van der Waals surface area contributed by atoms with Crippen molar-refractivity contribution in [1.29, 1.82) is 5.26 Å². The molecule has 3 rings (SSSR count). The SMILES string of the molecule is CCNC(=NC#N)N(Cc1ccccn1)Cc1cc(C(F)(F)F)ccc1-c1cc(CC(=O)O)ccc1OC. The largest absolute Gasteiger partial charge is 0.496 e. The van der Waals surface area contributed by atoms with Crippen molar-refractivity contribution in [3.8, 4) is 23.1 Å². The van der Waals surface area contributed by atoms with Gasteiger partial charge in [0.05, 0.1) is 31.3 Å². The van der Waals surface area contributed by atoms with E-state index in [1.54, 1.807) is 60.6 Å². The molecule has 2 N–H and O–H groups in total. The summed E-state index contributed by atoms with van der Waals surface area (Å²) in [5.74, 6) is -0.497. The molecule has 1 aromatic heterocycles. The Hall–Kier alpha value is -4.59. The molecule has 38 heavy (non-hydrogen) atoms. The Bertz CT molecular complexity index is 1340. The number of rotatable bonds is 9. The molecule has 1 heterocycles.